The van der Waals surface area contributed by atoms with Gasteiger partial charge in [0, 0.05) is 19.3 Å². The lowest BCUT2D eigenvalue weighted by Gasteiger charge is -2.18. The molecule has 0 aliphatic rings. The SMILES string of the molecule is CC/C=C\C/C=C\C/C=C\C/C=C\C/C=C\C/C=C\CCC(=O)O[C@H](COC(=O)CCCCCC/C=C\C/C=C\C/C=C\CCCCC)COC(=O)CCCCCCCCCCCCCCC. The largest absolute Gasteiger partial charge is 0.462 e. The highest BCUT2D eigenvalue weighted by Crippen LogP contribution is 2.14. The molecule has 0 aliphatic heterocycles. The Balaban J connectivity index is 4.55. The van der Waals surface area contributed by atoms with E-state index in [1.54, 1.807) is 0 Å². The normalized spacial score (nSPS) is 12.9. The van der Waals surface area contributed by atoms with Crippen LogP contribution in [0.2, 0.25) is 0 Å². The average Bonchev–Trinajstić information content (AvgIpc) is 3.33. The van der Waals surface area contributed by atoms with Gasteiger partial charge in [-0.25, -0.2) is 0 Å². The fourth-order valence-corrected chi connectivity index (χ4v) is 7.18. The molecule has 67 heavy (non-hydrogen) atoms. The molecule has 380 valence electrons. The number of unbranched alkanes of at least 4 members (excludes halogenated alkanes) is 19. The summed E-state index contributed by atoms with van der Waals surface area (Å²) in [4.78, 5) is 38.0. The van der Waals surface area contributed by atoms with Crippen LogP contribution < -0.4 is 0 Å². The Labute approximate surface area is 412 Å². The standard InChI is InChI=1S/C61H100O6/c1-4-7-10-13-16-19-22-25-27-29-30-32-34-37-40-43-46-49-52-55-61(64)67-58(56-65-59(62)53-50-47-44-41-38-35-24-21-18-15-12-9-6-3)57-66-60(63)54-51-48-45-42-39-36-33-31-28-26-23-20-17-14-11-8-5-2/h7,10,16-17,19-20,25-28,30,32-33,36-37,40,46,49,58H,4-6,8-9,11-15,18,21-24,29,31,34-35,38-39,41-45,47-48,50-57H2,1-3H3/b10-7-,19-16-,20-17-,27-25-,28-26-,32-30-,36-33-,40-37-,49-46-/t58-/m0/s1. The lowest BCUT2D eigenvalue weighted by molar-refractivity contribution is -0.166. The van der Waals surface area contributed by atoms with Crippen LogP contribution >= 0.6 is 0 Å². The average molecular weight is 929 g/mol. The number of rotatable bonds is 48. The minimum atomic E-state index is -0.828. The van der Waals surface area contributed by atoms with E-state index in [0.29, 0.717) is 19.3 Å². The summed E-state index contributed by atoms with van der Waals surface area (Å²) in [5.74, 6) is -1.02. The van der Waals surface area contributed by atoms with Gasteiger partial charge in [0.25, 0.3) is 0 Å². The lowest BCUT2D eigenvalue weighted by Crippen LogP contribution is -2.30. The zero-order chi connectivity index (χ0) is 48.6. The van der Waals surface area contributed by atoms with Crippen molar-refractivity contribution in [1.82, 2.24) is 0 Å². The Morgan fingerprint density at radius 3 is 1.00 bits per heavy atom. The van der Waals surface area contributed by atoms with E-state index in [9.17, 15) is 14.4 Å². The third-order valence-electron chi connectivity index (χ3n) is 11.3. The molecule has 0 fully saturated rings. The molecular weight excluding hydrogens is 829 g/mol. The van der Waals surface area contributed by atoms with Crippen molar-refractivity contribution < 1.29 is 28.6 Å². The Kier molecular flexibility index (Phi) is 51.5. The van der Waals surface area contributed by atoms with Gasteiger partial charge in [0.2, 0.25) is 0 Å². The van der Waals surface area contributed by atoms with Crippen LogP contribution in [0, 0.1) is 0 Å². The Hall–Kier alpha value is -3.93. The summed E-state index contributed by atoms with van der Waals surface area (Å²) in [5.41, 5.74) is 0. The molecule has 0 N–H and O–H groups in total. The molecule has 0 heterocycles. The molecule has 0 bridgehead atoms. The number of ether oxygens (including phenoxy) is 3. The van der Waals surface area contributed by atoms with Gasteiger partial charge in [-0.15, -0.1) is 0 Å². The van der Waals surface area contributed by atoms with E-state index in [1.807, 2.05) is 12.2 Å². The van der Waals surface area contributed by atoms with Crippen molar-refractivity contribution in [2.24, 2.45) is 0 Å². The van der Waals surface area contributed by atoms with Crippen LogP contribution in [0.4, 0.5) is 0 Å². The second-order valence-corrected chi connectivity index (χ2v) is 17.8. The van der Waals surface area contributed by atoms with Gasteiger partial charge in [-0.2, -0.15) is 0 Å². The second kappa shape index (κ2) is 54.7. The molecule has 0 saturated heterocycles. The van der Waals surface area contributed by atoms with Crippen LogP contribution in [-0.2, 0) is 28.6 Å². The fourth-order valence-electron chi connectivity index (χ4n) is 7.18. The maximum atomic E-state index is 12.8. The first-order valence-electron chi connectivity index (χ1n) is 27.4. The zero-order valence-corrected chi connectivity index (χ0v) is 43.4. The quantitative estimate of drug-likeness (QED) is 0.0262. The summed E-state index contributed by atoms with van der Waals surface area (Å²) in [6.07, 6.45) is 73.7. The van der Waals surface area contributed by atoms with E-state index in [2.05, 4.69) is 118 Å². The molecule has 0 spiro atoms. The summed E-state index contributed by atoms with van der Waals surface area (Å²) in [5, 5.41) is 0. The van der Waals surface area contributed by atoms with Gasteiger partial charge >= 0.3 is 17.9 Å². The first-order chi connectivity index (χ1) is 33.0. The van der Waals surface area contributed by atoms with Crippen molar-refractivity contribution in [3.05, 3.63) is 109 Å². The van der Waals surface area contributed by atoms with Crippen LogP contribution in [0.15, 0.2) is 109 Å². The number of allylic oxidation sites excluding steroid dienone is 18. The topological polar surface area (TPSA) is 78.9 Å². The van der Waals surface area contributed by atoms with Crippen molar-refractivity contribution in [3.8, 4) is 0 Å². The Bertz CT molecular complexity index is 1390. The highest BCUT2D eigenvalue weighted by atomic mass is 16.6. The molecular formula is C61H100O6. The van der Waals surface area contributed by atoms with Crippen LogP contribution in [-0.4, -0.2) is 37.2 Å². The summed E-state index contributed by atoms with van der Waals surface area (Å²) in [6.45, 7) is 6.41. The number of hydrogen-bond acceptors (Lipinski definition) is 6. The maximum absolute atomic E-state index is 12.8. The Morgan fingerprint density at radius 1 is 0.313 bits per heavy atom. The van der Waals surface area contributed by atoms with E-state index >= 15 is 0 Å². The van der Waals surface area contributed by atoms with Crippen molar-refractivity contribution in [2.75, 3.05) is 13.2 Å². The number of carbonyl (C=O) groups is 3. The van der Waals surface area contributed by atoms with Crippen LogP contribution in [0.1, 0.15) is 239 Å². The van der Waals surface area contributed by atoms with Crippen LogP contribution in [0.3, 0.4) is 0 Å². The smallest absolute Gasteiger partial charge is 0.306 e. The first-order valence-corrected chi connectivity index (χ1v) is 27.4. The maximum Gasteiger partial charge on any atom is 0.306 e. The van der Waals surface area contributed by atoms with Gasteiger partial charge in [0.05, 0.1) is 0 Å². The van der Waals surface area contributed by atoms with Crippen molar-refractivity contribution in [3.63, 3.8) is 0 Å². The van der Waals surface area contributed by atoms with Gasteiger partial charge in [0.1, 0.15) is 13.2 Å². The highest BCUT2D eigenvalue weighted by Gasteiger charge is 2.19. The zero-order valence-electron chi connectivity index (χ0n) is 43.4. The molecule has 6 nitrogen and oxygen atoms in total. The molecule has 0 aromatic carbocycles. The minimum absolute atomic E-state index is 0.115. The summed E-state index contributed by atoms with van der Waals surface area (Å²) in [7, 11) is 0. The predicted molar refractivity (Wildman–Crippen MR) is 288 cm³/mol. The number of carbonyl (C=O) groups excluding carboxylic acids is 3. The van der Waals surface area contributed by atoms with E-state index < -0.39 is 12.1 Å². The first kappa shape index (κ1) is 63.1. The van der Waals surface area contributed by atoms with Gasteiger partial charge < -0.3 is 14.2 Å². The van der Waals surface area contributed by atoms with Crippen molar-refractivity contribution in [1.29, 1.82) is 0 Å². The summed E-state index contributed by atoms with van der Waals surface area (Å²) >= 11 is 0. The van der Waals surface area contributed by atoms with E-state index in [-0.39, 0.29) is 31.6 Å². The van der Waals surface area contributed by atoms with Crippen molar-refractivity contribution >= 4 is 17.9 Å². The van der Waals surface area contributed by atoms with E-state index in [1.165, 1.54) is 89.9 Å². The molecule has 0 rings (SSSR count). The molecule has 0 amide bonds. The van der Waals surface area contributed by atoms with Gasteiger partial charge in [-0.3, -0.25) is 14.4 Å². The fraction of sp³-hybridized carbons (Fsp3) is 0.656. The number of esters is 3. The monoisotopic (exact) mass is 929 g/mol. The lowest BCUT2D eigenvalue weighted by atomic mass is 10.0. The van der Waals surface area contributed by atoms with E-state index in [0.717, 1.165) is 103 Å². The molecule has 1 atom stereocenters. The molecule has 0 saturated carbocycles. The highest BCUT2D eigenvalue weighted by molar-refractivity contribution is 5.71. The van der Waals surface area contributed by atoms with Crippen LogP contribution in [0.5, 0.6) is 0 Å². The third kappa shape index (κ3) is 52.9. The molecule has 0 aromatic heterocycles. The van der Waals surface area contributed by atoms with Gasteiger partial charge in [0.15, 0.2) is 6.10 Å². The molecule has 0 unspecified atom stereocenters. The predicted octanol–water partition coefficient (Wildman–Crippen LogP) is 18.3. The van der Waals surface area contributed by atoms with Crippen LogP contribution in [0.25, 0.3) is 0 Å². The molecule has 0 aromatic rings. The summed E-state index contributed by atoms with van der Waals surface area (Å²) < 4.78 is 16.7. The Morgan fingerprint density at radius 2 is 0.612 bits per heavy atom. The summed E-state index contributed by atoms with van der Waals surface area (Å²) in [6, 6.07) is 0. The van der Waals surface area contributed by atoms with Gasteiger partial charge in [-0.1, -0.05) is 233 Å². The molecule has 0 aliphatic carbocycles. The minimum Gasteiger partial charge on any atom is -0.462 e. The van der Waals surface area contributed by atoms with E-state index in [4.69, 9.17) is 14.2 Å². The molecule has 0 radical (unpaired) electrons. The third-order valence-corrected chi connectivity index (χ3v) is 11.3. The van der Waals surface area contributed by atoms with Gasteiger partial charge in [-0.05, 0) is 96.3 Å². The van der Waals surface area contributed by atoms with Crippen molar-refractivity contribution in [2.45, 2.75) is 245 Å². The number of hydrogen-bond donors (Lipinski definition) is 0. The second-order valence-electron chi connectivity index (χ2n) is 17.8. The molecule has 6 heteroatoms.